The lowest BCUT2D eigenvalue weighted by atomic mass is 10.1. The van der Waals surface area contributed by atoms with Gasteiger partial charge in [-0.25, -0.2) is 4.79 Å². The zero-order valence-corrected chi connectivity index (χ0v) is 16.5. The highest BCUT2D eigenvalue weighted by atomic mass is 35.5. The van der Waals surface area contributed by atoms with E-state index in [2.05, 4.69) is 4.74 Å². The number of carbonyl (C=O) groups excluding carboxylic acids is 2. The van der Waals surface area contributed by atoms with Crippen LogP contribution in [0.1, 0.15) is 22.8 Å². The highest BCUT2D eigenvalue weighted by Gasteiger charge is 2.64. The molecule has 0 fully saturated rings. The molecule has 0 aliphatic carbocycles. The van der Waals surface area contributed by atoms with Gasteiger partial charge in [-0.05, 0) is 37.3 Å². The summed E-state index contributed by atoms with van der Waals surface area (Å²) in [6.07, 6.45) is -10.7. The third-order valence-corrected chi connectivity index (χ3v) is 4.18. The number of esters is 1. The number of nitrogens with one attached hydrogen (secondary N) is 2. The Morgan fingerprint density at radius 1 is 1.00 bits per heavy atom. The second-order valence-corrected chi connectivity index (χ2v) is 6.54. The summed E-state index contributed by atoms with van der Waals surface area (Å²) in [4.78, 5) is 24.9. The summed E-state index contributed by atoms with van der Waals surface area (Å²) < 4.78 is 86.8. The van der Waals surface area contributed by atoms with Crippen molar-refractivity contribution >= 4 is 29.2 Å². The minimum atomic E-state index is -5.60. The number of anilines is 1. The smallest absolute Gasteiger partial charge is 0.441 e. The second kappa shape index (κ2) is 9.04. The van der Waals surface area contributed by atoms with Crippen molar-refractivity contribution < 1.29 is 40.7 Å². The Kier molecular flexibility index (Phi) is 7.10. The highest BCUT2D eigenvalue weighted by molar-refractivity contribution is 6.31. The van der Waals surface area contributed by atoms with Crippen molar-refractivity contribution in [3.63, 3.8) is 0 Å². The van der Waals surface area contributed by atoms with Crippen LogP contribution in [0.5, 0.6) is 0 Å². The molecule has 168 valence electrons. The van der Waals surface area contributed by atoms with Crippen LogP contribution in [0, 0.1) is 0 Å². The summed E-state index contributed by atoms with van der Waals surface area (Å²) in [6.45, 7) is 0.660. The number of carbonyl (C=O) groups is 2. The molecular formula is C19H15ClF6N2O3. The number of halogens is 7. The fourth-order valence-electron chi connectivity index (χ4n) is 2.54. The van der Waals surface area contributed by atoms with Crippen LogP contribution in [0.2, 0.25) is 5.02 Å². The molecule has 2 aromatic rings. The molecule has 0 heterocycles. The lowest BCUT2D eigenvalue weighted by molar-refractivity contribution is -0.204. The van der Waals surface area contributed by atoms with E-state index in [-0.39, 0.29) is 10.6 Å². The Morgan fingerprint density at radius 3 is 2.19 bits per heavy atom. The molecule has 0 saturated heterocycles. The average molecular weight is 469 g/mol. The fourth-order valence-corrected chi connectivity index (χ4v) is 2.73. The molecule has 5 nitrogen and oxygen atoms in total. The van der Waals surface area contributed by atoms with Crippen molar-refractivity contribution in [3.05, 3.63) is 64.7 Å². The van der Waals surface area contributed by atoms with Crippen LogP contribution in [0.4, 0.5) is 32.0 Å². The van der Waals surface area contributed by atoms with E-state index in [1.54, 1.807) is 0 Å². The molecule has 0 aliphatic rings. The minimum Gasteiger partial charge on any atom is -0.463 e. The number of hydrogen-bond donors (Lipinski definition) is 2. The van der Waals surface area contributed by atoms with Gasteiger partial charge in [-0.3, -0.25) is 4.79 Å². The number of benzene rings is 2. The van der Waals surface area contributed by atoms with E-state index in [1.165, 1.54) is 29.7 Å². The fraction of sp³-hybridized carbons (Fsp3) is 0.263. The Balaban J connectivity index is 2.63. The molecule has 0 bridgehead atoms. The van der Waals surface area contributed by atoms with Crippen LogP contribution in [0.15, 0.2) is 48.5 Å². The Bertz CT molecular complexity index is 964. The van der Waals surface area contributed by atoms with E-state index >= 15 is 0 Å². The molecule has 2 N–H and O–H groups in total. The van der Waals surface area contributed by atoms with E-state index in [0.717, 1.165) is 24.3 Å². The SMILES string of the molecule is CCOC(=O)[C@](NC(=O)c1cccc(Cl)c1)(Nc1ccccc1C(F)(F)F)C(F)(F)F. The van der Waals surface area contributed by atoms with Crippen molar-refractivity contribution in [2.24, 2.45) is 0 Å². The zero-order chi connectivity index (χ0) is 23.4. The van der Waals surface area contributed by atoms with Crippen LogP contribution in [0.25, 0.3) is 0 Å². The van der Waals surface area contributed by atoms with Crippen molar-refractivity contribution in [1.82, 2.24) is 5.32 Å². The van der Waals surface area contributed by atoms with E-state index in [9.17, 15) is 35.9 Å². The number of hydrogen-bond acceptors (Lipinski definition) is 4. The van der Waals surface area contributed by atoms with Crippen LogP contribution >= 0.6 is 11.6 Å². The monoisotopic (exact) mass is 468 g/mol. The molecule has 0 aliphatic heterocycles. The number of amides is 1. The Morgan fingerprint density at radius 2 is 1.65 bits per heavy atom. The van der Waals surface area contributed by atoms with E-state index < -0.39 is 47.7 Å². The van der Waals surface area contributed by atoms with Gasteiger partial charge in [-0.1, -0.05) is 29.8 Å². The summed E-state index contributed by atoms with van der Waals surface area (Å²) in [5.74, 6) is -3.47. The molecule has 0 saturated carbocycles. The first-order valence-electron chi connectivity index (χ1n) is 8.58. The van der Waals surface area contributed by atoms with Gasteiger partial charge in [0, 0.05) is 16.3 Å². The molecular weight excluding hydrogens is 454 g/mol. The first-order valence-corrected chi connectivity index (χ1v) is 8.96. The van der Waals surface area contributed by atoms with Gasteiger partial charge in [-0.2, -0.15) is 26.3 Å². The molecule has 0 unspecified atom stereocenters. The quantitative estimate of drug-likeness (QED) is 0.355. The molecule has 0 spiro atoms. The van der Waals surface area contributed by atoms with E-state index in [1.807, 2.05) is 0 Å². The maximum Gasteiger partial charge on any atom is 0.441 e. The summed E-state index contributed by atoms with van der Waals surface area (Å²) in [7, 11) is 0. The van der Waals surface area contributed by atoms with Crippen LogP contribution < -0.4 is 10.6 Å². The summed E-state index contributed by atoms with van der Waals surface area (Å²) in [5.41, 5.74) is -6.96. The molecule has 31 heavy (non-hydrogen) atoms. The molecule has 0 radical (unpaired) electrons. The van der Waals surface area contributed by atoms with Crippen molar-refractivity contribution in [2.45, 2.75) is 24.9 Å². The average Bonchev–Trinajstić information content (AvgIpc) is 2.66. The van der Waals surface area contributed by atoms with Gasteiger partial charge in [0.15, 0.2) is 0 Å². The van der Waals surface area contributed by atoms with E-state index in [0.29, 0.717) is 12.1 Å². The Hall–Kier alpha value is -2.95. The van der Waals surface area contributed by atoms with Crippen LogP contribution in [0.3, 0.4) is 0 Å². The number of para-hydroxylation sites is 1. The lowest BCUT2D eigenvalue weighted by Crippen LogP contribution is -2.69. The molecule has 1 amide bonds. The molecule has 2 rings (SSSR count). The number of alkyl halides is 6. The molecule has 1 atom stereocenters. The van der Waals surface area contributed by atoms with Gasteiger partial charge in [0.2, 0.25) is 0 Å². The number of rotatable bonds is 6. The van der Waals surface area contributed by atoms with Crippen molar-refractivity contribution in [2.75, 3.05) is 11.9 Å². The predicted molar refractivity (Wildman–Crippen MR) is 99.4 cm³/mol. The van der Waals surface area contributed by atoms with Crippen LogP contribution in [-0.2, 0) is 15.7 Å². The van der Waals surface area contributed by atoms with Crippen molar-refractivity contribution in [3.8, 4) is 0 Å². The molecule has 2 aromatic carbocycles. The maximum atomic E-state index is 14.1. The normalized spacial score (nSPS) is 13.8. The first kappa shape index (κ1) is 24.3. The third-order valence-electron chi connectivity index (χ3n) is 3.95. The zero-order valence-electron chi connectivity index (χ0n) is 15.7. The first-order chi connectivity index (χ1) is 14.3. The van der Waals surface area contributed by atoms with Gasteiger partial charge in [0.05, 0.1) is 12.2 Å². The van der Waals surface area contributed by atoms with Gasteiger partial charge >= 0.3 is 24.0 Å². The summed E-state index contributed by atoms with van der Waals surface area (Å²) in [5, 5.41) is 2.98. The highest BCUT2D eigenvalue weighted by Crippen LogP contribution is 2.39. The van der Waals surface area contributed by atoms with E-state index in [4.69, 9.17) is 11.6 Å². The second-order valence-electron chi connectivity index (χ2n) is 6.10. The molecule has 12 heteroatoms. The third kappa shape index (κ3) is 5.40. The van der Waals surface area contributed by atoms with Crippen molar-refractivity contribution in [1.29, 1.82) is 0 Å². The summed E-state index contributed by atoms with van der Waals surface area (Å²) >= 11 is 5.73. The largest absolute Gasteiger partial charge is 0.463 e. The lowest BCUT2D eigenvalue weighted by Gasteiger charge is -2.36. The van der Waals surface area contributed by atoms with Gasteiger partial charge in [0.25, 0.3) is 5.91 Å². The molecule has 0 aromatic heterocycles. The standard InChI is InChI=1S/C19H15ClF6N2O3/c1-2-31-16(30)17(19(24,25)26,28-15(29)11-6-5-7-12(20)10-11)27-14-9-4-3-8-13(14)18(21,22)23/h3-10,27H,2H2,1H3,(H,28,29)/t17-/m1/s1. The van der Waals surface area contributed by atoms with Gasteiger partial charge in [0.1, 0.15) is 0 Å². The minimum absolute atomic E-state index is 0.0109. The maximum absolute atomic E-state index is 14.1. The Labute approximate surface area is 177 Å². The van der Waals surface area contributed by atoms with Gasteiger partial charge in [-0.15, -0.1) is 0 Å². The van der Waals surface area contributed by atoms with Crippen LogP contribution in [-0.4, -0.2) is 30.3 Å². The summed E-state index contributed by atoms with van der Waals surface area (Å²) in [6, 6.07) is 7.94. The van der Waals surface area contributed by atoms with Gasteiger partial charge < -0.3 is 15.4 Å². The predicted octanol–water partition coefficient (Wildman–Crippen LogP) is 5.02. The topological polar surface area (TPSA) is 67.4 Å². The number of ether oxygens (including phenoxy) is 1.